The normalized spacial score (nSPS) is 11.0. The maximum absolute atomic E-state index is 11.5. The predicted octanol–water partition coefficient (Wildman–Crippen LogP) is 2.01. The molecular formula is C14H15N3O5S. The minimum atomic E-state index is -3.52. The quantitative estimate of drug-likeness (QED) is 0.634. The summed E-state index contributed by atoms with van der Waals surface area (Å²) >= 11 is 0. The van der Waals surface area contributed by atoms with Crippen LogP contribution in [-0.2, 0) is 16.4 Å². The highest BCUT2D eigenvalue weighted by molar-refractivity contribution is 7.90. The topological polar surface area (TPSA) is 111 Å². The number of aromatic nitrogens is 1. The summed E-state index contributed by atoms with van der Waals surface area (Å²) in [6.45, 7) is 0.246. The minimum absolute atomic E-state index is 0.103. The minimum Gasteiger partial charge on any atom is -0.481 e. The van der Waals surface area contributed by atoms with Gasteiger partial charge in [-0.15, -0.1) is 0 Å². The first-order valence-electron chi connectivity index (χ1n) is 6.53. The van der Waals surface area contributed by atoms with Crippen LogP contribution in [0.15, 0.2) is 41.4 Å². The Hall–Kier alpha value is -2.68. The number of methoxy groups -OCH3 is 1. The van der Waals surface area contributed by atoms with Crippen molar-refractivity contribution in [2.75, 3.05) is 18.7 Å². The lowest BCUT2D eigenvalue weighted by Crippen LogP contribution is -2.06. The molecule has 8 nitrogen and oxygen atoms in total. The number of benzene rings is 1. The summed E-state index contributed by atoms with van der Waals surface area (Å²) < 4.78 is 28.1. The molecule has 1 aromatic carbocycles. The lowest BCUT2D eigenvalue weighted by Gasteiger charge is -2.10. The van der Waals surface area contributed by atoms with Gasteiger partial charge in [-0.2, -0.15) is 0 Å². The first-order valence-corrected chi connectivity index (χ1v) is 8.42. The molecule has 2 rings (SSSR count). The molecule has 0 aliphatic rings. The lowest BCUT2D eigenvalue weighted by molar-refractivity contribution is -0.384. The van der Waals surface area contributed by atoms with Crippen molar-refractivity contribution in [1.29, 1.82) is 0 Å². The molecule has 2 aromatic rings. The molecule has 0 saturated carbocycles. The first-order chi connectivity index (χ1) is 10.8. The van der Waals surface area contributed by atoms with E-state index in [0.29, 0.717) is 5.88 Å². The van der Waals surface area contributed by atoms with Gasteiger partial charge in [0.2, 0.25) is 5.88 Å². The number of hydrogen-bond donors (Lipinski definition) is 1. The third-order valence-corrected chi connectivity index (χ3v) is 4.22. The SMILES string of the molecule is COc1ncccc1CNc1ccc(S(C)(=O)=O)cc1[N+](=O)[O-]. The van der Waals surface area contributed by atoms with Crippen LogP contribution in [0.5, 0.6) is 5.88 Å². The maximum Gasteiger partial charge on any atom is 0.293 e. The monoisotopic (exact) mass is 337 g/mol. The molecule has 0 unspecified atom stereocenters. The van der Waals surface area contributed by atoms with E-state index in [1.807, 2.05) is 0 Å². The van der Waals surface area contributed by atoms with Gasteiger partial charge in [-0.3, -0.25) is 10.1 Å². The number of ether oxygens (including phenoxy) is 1. The van der Waals surface area contributed by atoms with Crippen LogP contribution in [0.2, 0.25) is 0 Å². The number of nitrogens with zero attached hydrogens (tertiary/aromatic N) is 2. The van der Waals surface area contributed by atoms with Crippen molar-refractivity contribution in [1.82, 2.24) is 4.98 Å². The highest BCUT2D eigenvalue weighted by Gasteiger charge is 2.18. The van der Waals surface area contributed by atoms with Crippen LogP contribution >= 0.6 is 0 Å². The molecule has 9 heteroatoms. The van der Waals surface area contributed by atoms with E-state index in [4.69, 9.17) is 4.74 Å². The van der Waals surface area contributed by atoms with Gasteiger partial charge in [-0.25, -0.2) is 13.4 Å². The van der Waals surface area contributed by atoms with Crippen molar-refractivity contribution in [3.05, 3.63) is 52.2 Å². The van der Waals surface area contributed by atoms with E-state index >= 15 is 0 Å². The lowest BCUT2D eigenvalue weighted by atomic mass is 10.2. The van der Waals surface area contributed by atoms with Crippen molar-refractivity contribution in [3.8, 4) is 5.88 Å². The molecule has 23 heavy (non-hydrogen) atoms. The van der Waals surface area contributed by atoms with Crippen LogP contribution in [0.3, 0.4) is 0 Å². The largest absolute Gasteiger partial charge is 0.481 e. The van der Waals surface area contributed by atoms with E-state index in [2.05, 4.69) is 10.3 Å². The number of hydrogen-bond acceptors (Lipinski definition) is 7. The van der Waals surface area contributed by atoms with E-state index in [1.165, 1.54) is 19.2 Å². The Balaban J connectivity index is 2.31. The molecule has 1 aromatic heterocycles. The van der Waals surface area contributed by atoms with Gasteiger partial charge < -0.3 is 10.1 Å². The Morgan fingerprint density at radius 3 is 2.70 bits per heavy atom. The predicted molar refractivity (Wildman–Crippen MR) is 84.3 cm³/mol. The van der Waals surface area contributed by atoms with E-state index in [-0.39, 0.29) is 22.8 Å². The summed E-state index contributed by atoms with van der Waals surface area (Å²) in [6.07, 6.45) is 2.57. The van der Waals surface area contributed by atoms with Gasteiger partial charge in [0, 0.05) is 30.6 Å². The second kappa shape index (κ2) is 6.61. The molecule has 0 spiro atoms. The Kier molecular flexibility index (Phi) is 4.80. The zero-order valence-corrected chi connectivity index (χ0v) is 13.3. The van der Waals surface area contributed by atoms with Crippen LogP contribution < -0.4 is 10.1 Å². The average Bonchev–Trinajstić information content (AvgIpc) is 2.52. The molecule has 0 atom stereocenters. The summed E-state index contributed by atoms with van der Waals surface area (Å²) in [5.41, 5.74) is 0.626. The average molecular weight is 337 g/mol. The van der Waals surface area contributed by atoms with Crippen molar-refractivity contribution in [2.45, 2.75) is 11.4 Å². The first kappa shape index (κ1) is 16.7. The third kappa shape index (κ3) is 3.95. The van der Waals surface area contributed by atoms with Gasteiger partial charge in [-0.1, -0.05) is 6.07 Å². The third-order valence-electron chi connectivity index (χ3n) is 3.11. The van der Waals surface area contributed by atoms with Crippen molar-refractivity contribution in [3.63, 3.8) is 0 Å². The van der Waals surface area contributed by atoms with Crippen LogP contribution in [0.25, 0.3) is 0 Å². The maximum atomic E-state index is 11.5. The summed E-state index contributed by atoms with van der Waals surface area (Å²) in [4.78, 5) is 14.5. The Bertz CT molecular complexity index is 836. The summed E-state index contributed by atoms with van der Waals surface area (Å²) in [7, 11) is -2.03. The van der Waals surface area contributed by atoms with E-state index in [9.17, 15) is 18.5 Å². The van der Waals surface area contributed by atoms with Gasteiger partial charge >= 0.3 is 0 Å². The Morgan fingerprint density at radius 1 is 1.35 bits per heavy atom. The number of nitro groups is 1. The number of sulfone groups is 1. The zero-order valence-electron chi connectivity index (χ0n) is 12.5. The van der Waals surface area contributed by atoms with Gasteiger partial charge in [0.15, 0.2) is 9.84 Å². The molecular weight excluding hydrogens is 322 g/mol. The van der Waals surface area contributed by atoms with E-state index in [0.717, 1.165) is 17.9 Å². The van der Waals surface area contributed by atoms with Crippen molar-refractivity contribution in [2.24, 2.45) is 0 Å². The molecule has 0 bridgehead atoms. The molecule has 1 heterocycles. The molecule has 122 valence electrons. The van der Waals surface area contributed by atoms with Gasteiger partial charge in [0.05, 0.1) is 16.9 Å². The number of nitro benzene ring substituents is 1. The van der Waals surface area contributed by atoms with Crippen LogP contribution in [-0.4, -0.2) is 31.7 Å². The summed E-state index contributed by atoms with van der Waals surface area (Å²) in [5.74, 6) is 0.412. The van der Waals surface area contributed by atoms with Crippen LogP contribution in [0.4, 0.5) is 11.4 Å². The van der Waals surface area contributed by atoms with Crippen LogP contribution in [0, 0.1) is 10.1 Å². The number of pyridine rings is 1. The second-order valence-electron chi connectivity index (χ2n) is 4.73. The highest BCUT2D eigenvalue weighted by atomic mass is 32.2. The fourth-order valence-corrected chi connectivity index (χ4v) is 2.62. The number of anilines is 1. The molecule has 0 saturated heterocycles. The molecule has 0 aliphatic heterocycles. The van der Waals surface area contributed by atoms with E-state index < -0.39 is 14.8 Å². The molecule has 0 aliphatic carbocycles. The fraction of sp³-hybridized carbons (Fsp3) is 0.214. The van der Waals surface area contributed by atoms with Gasteiger partial charge in [0.25, 0.3) is 5.69 Å². The Morgan fingerprint density at radius 2 is 2.09 bits per heavy atom. The highest BCUT2D eigenvalue weighted by Crippen LogP contribution is 2.28. The summed E-state index contributed by atoms with van der Waals surface area (Å²) in [5, 5.41) is 14.1. The molecule has 1 N–H and O–H groups in total. The van der Waals surface area contributed by atoms with Gasteiger partial charge in [0.1, 0.15) is 5.69 Å². The van der Waals surface area contributed by atoms with E-state index in [1.54, 1.807) is 18.3 Å². The number of nitrogens with one attached hydrogen (secondary N) is 1. The van der Waals surface area contributed by atoms with Gasteiger partial charge in [-0.05, 0) is 18.2 Å². The number of rotatable bonds is 6. The zero-order chi connectivity index (χ0) is 17.0. The molecule has 0 radical (unpaired) electrons. The van der Waals surface area contributed by atoms with Crippen molar-refractivity contribution < 1.29 is 18.1 Å². The Labute approximate surface area is 133 Å². The van der Waals surface area contributed by atoms with Crippen molar-refractivity contribution >= 4 is 21.2 Å². The smallest absolute Gasteiger partial charge is 0.293 e. The second-order valence-corrected chi connectivity index (χ2v) is 6.75. The fourth-order valence-electron chi connectivity index (χ4n) is 1.98. The molecule has 0 fully saturated rings. The molecule has 0 amide bonds. The standard InChI is InChI=1S/C14H15N3O5S/c1-22-14-10(4-3-7-15-14)9-16-12-6-5-11(23(2,20)21)8-13(12)17(18)19/h3-8,16H,9H2,1-2H3. The summed E-state index contributed by atoms with van der Waals surface area (Å²) in [6, 6.07) is 7.23. The van der Waals surface area contributed by atoms with Crippen LogP contribution in [0.1, 0.15) is 5.56 Å².